The minimum Gasteiger partial charge on any atom is -0.445 e. The fourth-order valence-corrected chi connectivity index (χ4v) is 3.05. The molecule has 0 aromatic carbocycles. The minimum atomic E-state index is -1.77. The normalized spacial score (nSPS) is 42.9. The van der Waals surface area contributed by atoms with Crippen LogP contribution in [0.3, 0.4) is 0 Å². The highest BCUT2D eigenvalue weighted by atomic mass is 16.7. The predicted molar refractivity (Wildman–Crippen MR) is 91.1 cm³/mol. The van der Waals surface area contributed by atoms with Gasteiger partial charge >= 0.3 is 6.09 Å². The number of hydrogen-bond donors (Lipinski definition) is 8. The van der Waals surface area contributed by atoms with E-state index in [4.69, 9.17) is 18.9 Å². The summed E-state index contributed by atoms with van der Waals surface area (Å²) < 4.78 is 20.5. The van der Waals surface area contributed by atoms with E-state index in [-0.39, 0.29) is 6.61 Å². The first kappa shape index (κ1) is 23.9. The van der Waals surface area contributed by atoms with Gasteiger partial charge in [0.15, 0.2) is 12.6 Å². The summed E-state index contributed by atoms with van der Waals surface area (Å²) in [7, 11) is 0. The molecular formula is C16H27NO12. The molecule has 0 saturated carbocycles. The number of amides is 1. The fraction of sp³-hybridized carbons (Fsp3) is 0.812. The van der Waals surface area contributed by atoms with Crippen LogP contribution in [0.1, 0.15) is 0 Å². The lowest BCUT2D eigenvalue weighted by atomic mass is 9.95. The van der Waals surface area contributed by atoms with Gasteiger partial charge in [0, 0.05) is 0 Å². The molecule has 2 aliphatic rings. The molecule has 10 atom stereocenters. The molecule has 0 aromatic heterocycles. The summed E-state index contributed by atoms with van der Waals surface area (Å²) in [6.45, 7) is 1.82. The predicted octanol–water partition coefficient (Wildman–Crippen LogP) is -4.48. The summed E-state index contributed by atoms with van der Waals surface area (Å²) in [6.07, 6.45) is -13.8. The molecule has 0 aromatic rings. The van der Waals surface area contributed by atoms with Crippen molar-refractivity contribution >= 4 is 6.09 Å². The van der Waals surface area contributed by atoms with Gasteiger partial charge in [-0.2, -0.15) is 0 Å². The summed E-state index contributed by atoms with van der Waals surface area (Å²) in [5.74, 6) is 0. The van der Waals surface area contributed by atoms with Crippen molar-refractivity contribution in [2.45, 2.75) is 61.3 Å². The summed E-state index contributed by atoms with van der Waals surface area (Å²) in [5.41, 5.74) is 0. The van der Waals surface area contributed by atoms with Crippen LogP contribution in [0.2, 0.25) is 0 Å². The van der Waals surface area contributed by atoms with E-state index in [1.54, 1.807) is 0 Å². The average molecular weight is 425 g/mol. The minimum absolute atomic E-state index is 0.129. The standard InChI is InChI=1S/C16H27NO12/c1-2-3-26-16(25)17-8-10(21)13(7(5-19)27-14(8)24)29-15-12(23)11(22)9(20)6(4-18)28-15/h2,6-15,18-24H,1,3-5H2,(H,17,25)/t6-,7+,8-,9-,10-,11+,12+,13+,14+,15+/m0/s1. The molecule has 2 heterocycles. The van der Waals surface area contributed by atoms with Crippen LogP contribution in [-0.4, -0.2) is 123 Å². The molecule has 13 heteroatoms. The van der Waals surface area contributed by atoms with Gasteiger partial charge in [0.05, 0.1) is 13.2 Å². The molecule has 13 nitrogen and oxygen atoms in total. The lowest BCUT2D eigenvalue weighted by molar-refractivity contribution is -0.345. The van der Waals surface area contributed by atoms with E-state index < -0.39 is 80.7 Å². The number of aliphatic hydroxyl groups is 7. The Hall–Kier alpha value is -1.39. The quantitative estimate of drug-likeness (QED) is 0.182. The van der Waals surface area contributed by atoms with Crippen molar-refractivity contribution in [3.05, 3.63) is 12.7 Å². The number of aliphatic hydroxyl groups excluding tert-OH is 7. The Morgan fingerprint density at radius 3 is 2.21 bits per heavy atom. The third-order valence-electron chi connectivity index (χ3n) is 4.63. The van der Waals surface area contributed by atoms with Gasteiger partial charge in [-0.1, -0.05) is 12.7 Å². The van der Waals surface area contributed by atoms with E-state index in [1.807, 2.05) is 0 Å². The molecule has 2 aliphatic heterocycles. The Morgan fingerprint density at radius 2 is 1.62 bits per heavy atom. The van der Waals surface area contributed by atoms with Gasteiger partial charge in [-0.15, -0.1) is 0 Å². The topological polar surface area (TPSA) is 208 Å². The Morgan fingerprint density at radius 1 is 0.966 bits per heavy atom. The van der Waals surface area contributed by atoms with Crippen molar-refractivity contribution in [2.75, 3.05) is 19.8 Å². The van der Waals surface area contributed by atoms with Gasteiger partial charge in [0.2, 0.25) is 0 Å². The van der Waals surface area contributed by atoms with Crippen molar-refractivity contribution in [3.8, 4) is 0 Å². The number of carbonyl (C=O) groups excluding carboxylic acids is 1. The number of carbonyl (C=O) groups is 1. The number of alkyl carbamates (subject to hydrolysis) is 1. The summed E-state index contributed by atoms with van der Waals surface area (Å²) >= 11 is 0. The average Bonchev–Trinajstić information content (AvgIpc) is 2.71. The van der Waals surface area contributed by atoms with E-state index >= 15 is 0 Å². The van der Waals surface area contributed by atoms with Crippen LogP contribution in [0.15, 0.2) is 12.7 Å². The molecular weight excluding hydrogens is 398 g/mol. The zero-order valence-corrected chi connectivity index (χ0v) is 15.4. The largest absolute Gasteiger partial charge is 0.445 e. The van der Waals surface area contributed by atoms with E-state index in [0.29, 0.717) is 0 Å². The molecule has 0 aliphatic carbocycles. The van der Waals surface area contributed by atoms with Crippen LogP contribution in [0.5, 0.6) is 0 Å². The zero-order valence-electron chi connectivity index (χ0n) is 15.4. The molecule has 2 saturated heterocycles. The van der Waals surface area contributed by atoms with Crippen molar-refractivity contribution in [1.82, 2.24) is 5.32 Å². The lowest BCUT2D eigenvalue weighted by Gasteiger charge is -2.46. The molecule has 29 heavy (non-hydrogen) atoms. The Balaban J connectivity index is 2.13. The molecule has 2 rings (SSSR count). The van der Waals surface area contributed by atoms with Gasteiger partial charge in [0.1, 0.15) is 55.4 Å². The molecule has 168 valence electrons. The Kier molecular flexibility index (Phi) is 8.72. The van der Waals surface area contributed by atoms with Gasteiger partial charge in [-0.05, 0) is 0 Å². The molecule has 0 unspecified atom stereocenters. The number of rotatable bonds is 7. The second-order valence-corrected chi connectivity index (χ2v) is 6.59. The number of ether oxygens (including phenoxy) is 4. The van der Waals surface area contributed by atoms with E-state index in [9.17, 15) is 40.5 Å². The Bertz CT molecular complexity index is 548. The second kappa shape index (κ2) is 10.6. The molecule has 0 bridgehead atoms. The first-order valence-electron chi connectivity index (χ1n) is 8.87. The van der Waals surface area contributed by atoms with Gasteiger partial charge in [0.25, 0.3) is 0 Å². The highest BCUT2D eigenvalue weighted by molar-refractivity contribution is 5.67. The van der Waals surface area contributed by atoms with E-state index in [0.717, 1.165) is 0 Å². The monoisotopic (exact) mass is 425 g/mol. The smallest absolute Gasteiger partial charge is 0.407 e. The maximum Gasteiger partial charge on any atom is 0.407 e. The van der Waals surface area contributed by atoms with Gasteiger partial charge < -0.3 is 60.0 Å². The fourth-order valence-electron chi connectivity index (χ4n) is 3.05. The van der Waals surface area contributed by atoms with Crippen LogP contribution in [0.4, 0.5) is 4.79 Å². The highest BCUT2D eigenvalue weighted by Gasteiger charge is 2.50. The van der Waals surface area contributed by atoms with Crippen LogP contribution in [0, 0.1) is 0 Å². The third-order valence-corrected chi connectivity index (χ3v) is 4.63. The van der Waals surface area contributed by atoms with Crippen LogP contribution in [0.25, 0.3) is 0 Å². The zero-order chi connectivity index (χ0) is 21.7. The van der Waals surface area contributed by atoms with Crippen LogP contribution in [-0.2, 0) is 18.9 Å². The molecule has 2 fully saturated rings. The van der Waals surface area contributed by atoms with Crippen LogP contribution < -0.4 is 5.32 Å². The molecule has 8 N–H and O–H groups in total. The Labute approximate surface area is 165 Å². The maximum atomic E-state index is 11.7. The van der Waals surface area contributed by atoms with E-state index in [1.165, 1.54) is 6.08 Å². The maximum absolute atomic E-state index is 11.7. The molecule has 0 radical (unpaired) electrons. The van der Waals surface area contributed by atoms with Gasteiger partial charge in [-0.25, -0.2) is 4.79 Å². The first-order valence-corrected chi connectivity index (χ1v) is 8.87. The second-order valence-electron chi connectivity index (χ2n) is 6.59. The van der Waals surface area contributed by atoms with E-state index in [2.05, 4.69) is 11.9 Å². The summed E-state index contributed by atoms with van der Waals surface area (Å²) in [5, 5.41) is 71.2. The molecule has 1 amide bonds. The number of nitrogens with one attached hydrogen (secondary N) is 1. The number of hydrogen-bond acceptors (Lipinski definition) is 12. The van der Waals surface area contributed by atoms with Crippen molar-refractivity contribution < 1.29 is 59.5 Å². The van der Waals surface area contributed by atoms with Crippen LogP contribution >= 0.6 is 0 Å². The SMILES string of the molecule is C=CCOC(=O)N[C@H]1[C@H](O)[C@H](O[C@H]2O[C@@H](CO)[C@H](O)[C@@H](O)[C@H]2O)[C@@H](CO)O[C@H]1O. The summed E-state index contributed by atoms with van der Waals surface area (Å²) in [6, 6.07) is -1.44. The highest BCUT2D eigenvalue weighted by Crippen LogP contribution is 2.28. The van der Waals surface area contributed by atoms with Crippen molar-refractivity contribution in [1.29, 1.82) is 0 Å². The lowest BCUT2D eigenvalue weighted by Crippen LogP contribution is -2.67. The summed E-state index contributed by atoms with van der Waals surface area (Å²) in [4.78, 5) is 11.7. The van der Waals surface area contributed by atoms with Crippen molar-refractivity contribution in [2.24, 2.45) is 0 Å². The third kappa shape index (κ3) is 5.40. The van der Waals surface area contributed by atoms with Gasteiger partial charge in [-0.3, -0.25) is 0 Å². The molecule has 0 spiro atoms. The van der Waals surface area contributed by atoms with Crippen molar-refractivity contribution in [3.63, 3.8) is 0 Å². The first-order chi connectivity index (χ1) is 13.7.